The molecule has 2 aromatic rings. The standard InChI is InChI=1S/C9H5FO5S.Na/c10-5-1-2-6-7(3-5)15-4-8(9(6)11)16(12,13)14;/h1-4H,(H,12,13,14);/q;+1/p-1. The quantitative estimate of drug-likeness (QED) is 0.433. The second kappa shape index (κ2) is 4.87. The predicted molar refractivity (Wildman–Crippen MR) is 50.4 cm³/mol. The molecule has 0 atom stereocenters. The van der Waals surface area contributed by atoms with Gasteiger partial charge in [0.05, 0.1) is 5.39 Å². The van der Waals surface area contributed by atoms with Crippen LogP contribution in [0.25, 0.3) is 11.0 Å². The summed E-state index contributed by atoms with van der Waals surface area (Å²) in [4.78, 5) is 10.5. The average molecular weight is 266 g/mol. The van der Waals surface area contributed by atoms with Gasteiger partial charge in [-0.1, -0.05) is 0 Å². The van der Waals surface area contributed by atoms with Gasteiger partial charge in [-0.25, -0.2) is 12.8 Å². The van der Waals surface area contributed by atoms with E-state index in [-0.39, 0.29) is 40.5 Å². The second-order valence-electron chi connectivity index (χ2n) is 3.02. The van der Waals surface area contributed by atoms with Crippen LogP contribution in [0.1, 0.15) is 0 Å². The van der Waals surface area contributed by atoms with Crippen molar-refractivity contribution in [1.29, 1.82) is 0 Å². The van der Waals surface area contributed by atoms with Crippen molar-refractivity contribution >= 4 is 21.1 Å². The molecule has 1 aromatic heterocycles. The number of rotatable bonds is 1. The van der Waals surface area contributed by atoms with Crippen LogP contribution < -0.4 is 35.0 Å². The Morgan fingerprint density at radius 2 is 1.94 bits per heavy atom. The van der Waals surface area contributed by atoms with Crippen molar-refractivity contribution < 1.29 is 51.3 Å². The number of benzene rings is 1. The van der Waals surface area contributed by atoms with Crippen LogP contribution >= 0.6 is 0 Å². The molecule has 0 N–H and O–H groups in total. The van der Waals surface area contributed by atoms with Crippen LogP contribution in [-0.2, 0) is 10.1 Å². The van der Waals surface area contributed by atoms with Gasteiger partial charge in [-0.2, -0.15) is 0 Å². The molecule has 2 rings (SSSR count). The Bertz CT molecular complexity index is 722. The van der Waals surface area contributed by atoms with Crippen LogP contribution in [-0.4, -0.2) is 13.0 Å². The largest absolute Gasteiger partial charge is 1.00 e. The van der Waals surface area contributed by atoms with Gasteiger partial charge in [0, 0.05) is 6.07 Å². The van der Waals surface area contributed by atoms with Gasteiger partial charge in [-0.3, -0.25) is 4.79 Å². The molecular formula is C9H4FNaO5S. The monoisotopic (exact) mass is 266 g/mol. The summed E-state index contributed by atoms with van der Waals surface area (Å²) < 4.78 is 49.5. The Kier molecular flexibility index (Phi) is 4.11. The smallest absolute Gasteiger partial charge is 0.744 e. The van der Waals surface area contributed by atoms with E-state index >= 15 is 0 Å². The van der Waals surface area contributed by atoms with Gasteiger partial charge in [0.2, 0.25) is 5.43 Å². The molecule has 0 unspecified atom stereocenters. The van der Waals surface area contributed by atoms with Crippen LogP contribution in [0.3, 0.4) is 0 Å². The summed E-state index contributed by atoms with van der Waals surface area (Å²) in [6.07, 6.45) is 0.520. The van der Waals surface area contributed by atoms with Gasteiger partial charge in [0.1, 0.15) is 32.7 Å². The van der Waals surface area contributed by atoms with Gasteiger partial charge >= 0.3 is 29.6 Å². The molecule has 0 saturated carbocycles. The van der Waals surface area contributed by atoms with Gasteiger partial charge < -0.3 is 8.97 Å². The van der Waals surface area contributed by atoms with Crippen LogP contribution in [0.4, 0.5) is 4.39 Å². The fraction of sp³-hybridized carbons (Fsp3) is 0. The summed E-state index contributed by atoms with van der Waals surface area (Å²) in [7, 11) is -4.89. The minimum absolute atomic E-state index is 0. The molecule has 1 heterocycles. The van der Waals surface area contributed by atoms with Crippen molar-refractivity contribution in [2.75, 3.05) is 0 Å². The maximum Gasteiger partial charge on any atom is 1.00 e. The zero-order chi connectivity index (χ0) is 11.9. The summed E-state index contributed by atoms with van der Waals surface area (Å²) >= 11 is 0. The SMILES string of the molecule is O=c1c(S(=O)(=O)[O-])coc2cc(F)ccc12.[Na+]. The molecule has 1 aromatic carbocycles. The maximum absolute atomic E-state index is 12.8. The van der Waals surface area contributed by atoms with Crippen molar-refractivity contribution in [1.82, 2.24) is 0 Å². The Morgan fingerprint density at radius 1 is 1.29 bits per heavy atom. The van der Waals surface area contributed by atoms with E-state index in [0.717, 1.165) is 18.2 Å². The molecule has 0 fully saturated rings. The van der Waals surface area contributed by atoms with Crippen molar-refractivity contribution in [3.8, 4) is 0 Å². The normalized spacial score (nSPS) is 11.2. The zero-order valence-electron chi connectivity index (χ0n) is 8.64. The van der Waals surface area contributed by atoms with E-state index in [9.17, 15) is 22.2 Å². The van der Waals surface area contributed by atoms with Gasteiger partial charge in [0.15, 0.2) is 0 Å². The molecule has 0 aliphatic carbocycles. The minimum Gasteiger partial charge on any atom is -0.744 e. The Morgan fingerprint density at radius 3 is 2.53 bits per heavy atom. The van der Waals surface area contributed by atoms with E-state index in [0.29, 0.717) is 6.26 Å². The molecule has 5 nitrogen and oxygen atoms in total. The van der Waals surface area contributed by atoms with Crippen LogP contribution in [0, 0.1) is 5.82 Å². The fourth-order valence-corrected chi connectivity index (χ4v) is 1.76. The molecule has 0 saturated heterocycles. The maximum atomic E-state index is 12.8. The number of fused-ring (bicyclic) bond motifs is 1. The second-order valence-corrected chi connectivity index (χ2v) is 4.37. The third-order valence-electron chi connectivity index (χ3n) is 1.97. The zero-order valence-corrected chi connectivity index (χ0v) is 11.5. The summed E-state index contributed by atoms with van der Waals surface area (Å²) in [5.41, 5.74) is -1.10. The summed E-state index contributed by atoms with van der Waals surface area (Å²) in [5.74, 6) is -0.631. The van der Waals surface area contributed by atoms with E-state index in [1.54, 1.807) is 0 Å². The third kappa shape index (κ3) is 2.75. The molecule has 8 heteroatoms. The number of hydrogen-bond acceptors (Lipinski definition) is 5. The number of hydrogen-bond donors (Lipinski definition) is 0. The summed E-state index contributed by atoms with van der Waals surface area (Å²) in [6, 6.07) is 2.96. The molecule has 84 valence electrons. The van der Waals surface area contributed by atoms with Gasteiger partial charge in [-0.15, -0.1) is 0 Å². The van der Waals surface area contributed by atoms with Crippen LogP contribution in [0.2, 0.25) is 0 Å². The van der Waals surface area contributed by atoms with Crippen molar-refractivity contribution in [3.63, 3.8) is 0 Å². The topological polar surface area (TPSA) is 87.4 Å². The van der Waals surface area contributed by atoms with E-state index in [1.165, 1.54) is 0 Å². The molecule has 0 radical (unpaired) electrons. The van der Waals surface area contributed by atoms with Crippen LogP contribution in [0.15, 0.2) is 38.6 Å². The third-order valence-corrected chi connectivity index (χ3v) is 2.79. The summed E-state index contributed by atoms with van der Waals surface area (Å²) in [6.45, 7) is 0. The van der Waals surface area contributed by atoms with Crippen molar-refractivity contribution in [2.45, 2.75) is 4.90 Å². The number of halogens is 1. The first kappa shape index (κ1) is 14.3. The first-order valence-electron chi connectivity index (χ1n) is 4.06. The molecule has 0 bridgehead atoms. The predicted octanol–water partition coefficient (Wildman–Crippen LogP) is -2.16. The average Bonchev–Trinajstić information content (AvgIpc) is 2.15. The Balaban J connectivity index is 0.00000144. The van der Waals surface area contributed by atoms with Crippen LogP contribution in [0.5, 0.6) is 0 Å². The molecule has 0 spiro atoms. The van der Waals surface area contributed by atoms with Crippen molar-refractivity contribution in [2.24, 2.45) is 0 Å². The van der Waals surface area contributed by atoms with E-state index in [4.69, 9.17) is 4.42 Å². The van der Waals surface area contributed by atoms with E-state index < -0.39 is 26.3 Å². The van der Waals surface area contributed by atoms with E-state index in [2.05, 4.69) is 0 Å². The molecule has 0 aliphatic rings. The molecule has 0 amide bonds. The fourth-order valence-electron chi connectivity index (χ4n) is 1.26. The van der Waals surface area contributed by atoms with Crippen molar-refractivity contribution in [3.05, 3.63) is 40.5 Å². The summed E-state index contributed by atoms with van der Waals surface area (Å²) in [5, 5.41) is -0.154. The minimum atomic E-state index is -4.89. The molecular weight excluding hydrogens is 262 g/mol. The molecule has 17 heavy (non-hydrogen) atoms. The first-order chi connectivity index (χ1) is 7.39. The van der Waals surface area contributed by atoms with Gasteiger partial charge in [-0.05, 0) is 12.1 Å². The Labute approximate surface area is 117 Å². The van der Waals surface area contributed by atoms with Gasteiger partial charge in [0.25, 0.3) is 0 Å². The molecule has 0 aliphatic heterocycles. The first-order valence-corrected chi connectivity index (χ1v) is 5.47. The van der Waals surface area contributed by atoms with E-state index in [1.807, 2.05) is 0 Å². The Hall–Kier alpha value is -0.730.